The Balaban J connectivity index is 1.73. The third-order valence-electron chi connectivity index (χ3n) is 3.60. The van der Waals surface area contributed by atoms with Crippen LogP contribution in [0.1, 0.15) is 11.3 Å². The molecule has 0 aliphatic carbocycles. The van der Waals surface area contributed by atoms with Crippen LogP contribution in [0.4, 0.5) is 0 Å². The van der Waals surface area contributed by atoms with Crippen molar-refractivity contribution in [1.82, 2.24) is 14.6 Å². The van der Waals surface area contributed by atoms with E-state index < -0.39 is 0 Å². The van der Waals surface area contributed by atoms with Gasteiger partial charge in [0.15, 0.2) is 0 Å². The average Bonchev–Trinajstić information content (AvgIpc) is 3.06. The molecule has 0 radical (unpaired) electrons. The van der Waals surface area contributed by atoms with E-state index in [1.165, 1.54) is 21.9 Å². The third kappa shape index (κ3) is 3.38. The first-order valence-electron chi connectivity index (χ1n) is 7.59. The van der Waals surface area contributed by atoms with E-state index in [9.17, 15) is 4.79 Å². The Bertz CT molecular complexity index is 1120. The summed E-state index contributed by atoms with van der Waals surface area (Å²) in [4.78, 5) is 17.4. The molecule has 0 bridgehead atoms. The zero-order valence-electron chi connectivity index (χ0n) is 13.0. The molecule has 0 atom stereocenters. The minimum absolute atomic E-state index is 0.200. The molecule has 0 saturated heterocycles. The number of hydrogen-bond acceptors (Lipinski definition) is 4. The Labute approximate surface area is 152 Å². The fourth-order valence-corrected chi connectivity index (χ4v) is 3.41. The second-order valence-electron chi connectivity index (χ2n) is 5.37. The summed E-state index contributed by atoms with van der Waals surface area (Å²) >= 11 is 7.29. The summed E-state index contributed by atoms with van der Waals surface area (Å²) in [5.41, 5.74) is 2.37. The molecule has 4 aromatic rings. The summed E-state index contributed by atoms with van der Waals surface area (Å²) in [5.74, 6) is 0. The quantitative estimate of drug-likeness (QED) is 0.531. The standard InChI is InChI=1S/C19H12ClN3OS/c20-15-9-7-14(8-10-15)18-22-23-17(24)12-16(21-19(23)25-18)11-6-13-4-2-1-3-5-13/h1-12H. The maximum atomic E-state index is 12.3. The molecule has 0 aliphatic heterocycles. The molecule has 25 heavy (non-hydrogen) atoms. The maximum Gasteiger partial charge on any atom is 0.275 e. The first-order valence-corrected chi connectivity index (χ1v) is 8.78. The SMILES string of the molecule is O=c1cc(C=Cc2ccccc2)nc2sc(-c3ccc(Cl)cc3)nn12. The van der Waals surface area contributed by atoms with Crippen molar-refractivity contribution in [1.29, 1.82) is 0 Å². The number of halogens is 1. The topological polar surface area (TPSA) is 47.3 Å². The van der Waals surface area contributed by atoms with E-state index in [-0.39, 0.29) is 5.56 Å². The van der Waals surface area contributed by atoms with Crippen LogP contribution in [0.25, 0.3) is 27.7 Å². The Morgan fingerprint density at radius 1 is 1.00 bits per heavy atom. The van der Waals surface area contributed by atoms with Crippen molar-refractivity contribution in [3.8, 4) is 10.6 Å². The van der Waals surface area contributed by atoms with Crippen molar-refractivity contribution in [2.45, 2.75) is 0 Å². The van der Waals surface area contributed by atoms with E-state index in [0.29, 0.717) is 15.7 Å². The summed E-state index contributed by atoms with van der Waals surface area (Å²) in [6.45, 7) is 0. The van der Waals surface area contributed by atoms with E-state index in [0.717, 1.165) is 16.1 Å². The van der Waals surface area contributed by atoms with Gasteiger partial charge < -0.3 is 0 Å². The van der Waals surface area contributed by atoms with E-state index >= 15 is 0 Å². The third-order valence-corrected chi connectivity index (χ3v) is 4.81. The van der Waals surface area contributed by atoms with Gasteiger partial charge in [-0.15, -0.1) is 0 Å². The number of fused-ring (bicyclic) bond motifs is 1. The van der Waals surface area contributed by atoms with Crippen LogP contribution in [0, 0.1) is 0 Å². The molecule has 2 heterocycles. The second kappa shape index (κ2) is 6.63. The van der Waals surface area contributed by atoms with E-state index in [4.69, 9.17) is 11.6 Å². The summed E-state index contributed by atoms with van der Waals surface area (Å²) in [6, 6.07) is 18.7. The summed E-state index contributed by atoms with van der Waals surface area (Å²) in [7, 11) is 0. The molecule has 6 heteroatoms. The zero-order chi connectivity index (χ0) is 17.2. The van der Waals surface area contributed by atoms with Crippen LogP contribution in [-0.2, 0) is 0 Å². The Kier molecular flexibility index (Phi) is 4.17. The van der Waals surface area contributed by atoms with Crippen molar-refractivity contribution in [3.05, 3.63) is 87.3 Å². The first-order chi connectivity index (χ1) is 12.2. The van der Waals surface area contributed by atoms with Gasteiger partial charge in [0.25, 0.3) is 5.56 Å². The molecule has 0 spiro atoms. The molecule has 2 aromatic carbocycles. The lowest BCUT2D eigenvalue weighted by atomic mass is 10.2. The van der Waals surface area contributed by atoms with Gasteiger partial charge in [-0.2, -0.15) is 9.61 Å². The van der Waals surface area contributed by atoms with E-state index in [1.807, 2.05) is 54.6 Å². The molecule has 0 aliphatic rings. The van der Waals surface area contributed by atoms with Crippen LogP contribution in [-0.4, -0.2) is 14.6 Å². The zero-order valence-corrected chi connectivity index (χ0v) is 14.5. The van der Waals surface area contributed by atoms with Crippen molar-refractivity contribution in [2.24, 2.45) is 0 Å². The molecular weight excluding hydrogens is 354 g/mol. The lowest BCUT2D eigenvalue weighted by Gasteiger charge is -1.94. The Morgan fingerprint density at radius 2 is 1.76 bits per heavy atom. The average molecular weight is 366 g/mol. The number of rotatable bonds is 3. The van der Waals surface area contributed by atoms with Gasteiger partial charge in [0.05, 0.1) is 5.69 Å². The molecule has 0 amide bonds. The monoisotopic (exact) mass is 365 g/mol. The maximum absolute atomic E-state index is 12.3. The van der Waals surface area contributed by atoms with Crippen molar-refractivity contribution >= 4 is 40.1 Å². The van der Waals surface area contributed by atoms with E-state index in [2.05, 4.69) is 10.1 Å². The second-order valence-corrected chi connectivity index (χ2v) is 6.76. The minimum atomic E-state index is -0.200. The molecule has 0 N–H and O–H groups in total. The normalized spacial score (nSPS) is 11.4. The fraction of sp³-hybridized carbons (Fsp3) is 0. The Hall–Kier alpha value is -2.76. The van der Waals surface area contributed by atoms with Gasteiger partial charge in [0.1, 0.15) is 5.01 Å². The fourth-order valence-electron chi connectivity index (χ4n) is 2.37. The van der Waals surface area contributed by atoms with Crippen LogP contribution in [0.5, 0.6) is 0 Å². The molecule has 2 aromatic heterocycles. The van der Waals surface area contributed by atoms with Crippen LogP contribution >= 0.6 is 22.9 Å². The smallest absolute Gasteiger partial charge is 0.267 e. The van der Waals surface area contributed by atoms with Gasteiger partial charge >= 0.3 is 0 Å². The highest BCUT2D eigenvalue weighted by Gasteiger charge is 2.09. The van der Waals surface area contributed by atoms with Crippen molar-refractivity contribution in [2.75, 3.05) is 0 Å². The lowest BCUT2D eigenvalue weighted by molar-refractivity contribution is 0.901. The molecule has 0 fully saturated rings. The Morgan fingerprint density at radius 3 is 2.52 bits per heavy atom. The van der Waals surface area contributed by atoms with Crippen molar-refractivity contribution < 1.29 is 0 Å². The highest BCUT2D eigenvalue weighted by atomic mass is 35.5. The number of aromatic nitrogens is 3. The van der Waals surface area contributed by atoms with Gasteiger partial charge in [0.2, 0.25) is 4.96 Å². The molecule has 0 unspecified atom stereocenters. The van der Waals surface area contributed by atoms with E-state index in [1.54, 1.807) is 12.1 Å². The van der Waals surface area contributed by atoms with Gasteiger partial charge in [-0.25, -0.2) is 4.98 Å². The highest BCUT2D eigenvalue weighted by molar-refractivity contribution is 7.19. The van der Waals surface area contributed by atoms with Gasteiger partial charge in [0, 0.05) is 16.7 Å². The minimum Gasteiger partial charge on any atom is -0.267 e. The first kappa shape index (κ1) is 15.7. The summed E-state index contributed by atoms with van der Waals surface area (Å²) in [6.07, 6.45) is 3.76. The largest absolute Gasteiger partial charge is 0.275 e. The lowest BCUT2D eigenvalue weighted by Crippen LogP contribution is -2.14. The van der Waals surface area contributed by atoms with Gasteiger partial charge in [-0.3, -0.25) is 4.79 Å². The highest BCUT2D eigenvalue weighted by Crippen LogP contribution is 2.25. The van der Waals surface area contributed by atoms with Gasteiger partial charge in [-0.1, -0.05) is 71.5 Å². The van der Waals surface area contributed by atoms with Crippen LogP contribution in [0.2, 0.25) is 5.02 Å². The summed E-state index contributed by atoms with van der Waals surface area (Å²) in [5, 5.41) is 5.75. The number of nitrogens with zero attached hydrogens (tertiary/aromatic N) is 3. The predicted molar refractivity (Wildman–Crippen MR) is 103 cm³/mol. The van der Waals surface area contributed by atoms with Crippen LogP contribution in [0.15, 0.2) is 65.5 Å². The van der Waals surface area contributed by atoms with Crippen LogP contribution in [0.3, 0.4) is 0 Å². The van der Waals surface area contributed by atoms with Crippen LogP contribution < -0.4 is 5.56 Å². The molecule has 0 saturated carbocycles. The predicted octanol–water partition coefficient (Wildman–Crippen LogP) is 4.64. The number of hydrogen-bond donors (Lipinski definition) is 0. The molecular formula is C19H12ClN3OS. The van der Waals surface area contributed by atoms with Gasteiger partial charge in [-0.05, 0) is 23.8 Å². The number of benzene rings is 2. The molecule has 122 valence electrons. The summed E-state index contributed by atoms with van der Waals surface area (Å²) < 4.78 is 1.33. The van der Waals surface area contributed by atoms with Crippen molar-refractivity contribution in [3.63, 3.8) is 0 Å². The molecule has 4 rings (SSSR count). The molecule has 4 nitrogen and oxygen atoms in total.